The Morgan fingerprint density at radius 3 is 2.41 bits per heavy atom. The van der Waals surface area contributed by atoms with Crippen LogP contribution < -0.4 is 14.8 Å². The number of hydrogen-bond donors (Lipinski definition) is 1. The molecule has 2 aromatic carbocycles. The van der Waals surface area contributed by atoms with Crippen molar-refractivity contribution in [2.75, 3.05) is 20.0 Å². The van der Waals surface area contributed by atoms with Gasteiger partial charge in [-0.05, 0) is 29.8 Å². The molecule has 0 aliphatic heterocycles. The summed E-state index contributed by atoms with van der Waals surface area (Å²) in [6.45, 7) is 0.276. The van der Waals surface area contributed by atoms with Crippen LogP contribution >= 0.6 is 11.8 Å². The zero-order valence-corrected chi connectivity index (χ0v) is 19.1. The van der Waals surface area contributed by atoms with E-state index >= 15 is 0 Å². The highest BCUT2D eigenvalue weighted by atomic mass is 32.2. The molecule has 0 unspecified atom stereocenters. The number of benzene rings is 2. The van der Waals surface area contributed by atoms with Crippen molar-refractivity contribution in [3.8, 4) is 28.8 Å². The van der Waals surface area contributed by atoms with Crippen molar-refractivity contribution in [2.45, 2.75) is 17.7 Å². The lowest BCUT2D eigenvalue weighted by atomic mass is 10.0. The number of alkyl halides is 3. The first kappa shape index (κ1) is 24.9. The number of halogens is 3. The molecular formula is C24H20F3N3O3S. The average Bonchev–Trinajstić information content (AvgIpc) is 2.85. The molecule has 3 rings (SSSR count). The number of nitrogens with one attached hydrogen (secondary N) is 1. The van der Waals surface area contributed by atoms with E-state index in [-0.39, 0.29) is 23.0 Å². The van der Waals surface area contributed by atoms with Gasteiger partial charge in [-0.15, -0.1) is 0 Å². The summed E-state index contributed by atoms with van der Waals surface area (Å²) in [5.74, 6) is 0.112. The number of pyridine rings is 1. The molecule has 0 radical (unpaired) electrons. The minimum atomic E-state index is -4.79. The number of carbonyl (C=O) groups excluding carboxylic acids is 1. The Kier molecular flexibility index (Phi) is 8.02. The van der Waals surface area contributed by atoms with E-state index in [1.807, 2.05) is 30.3 Å². The molecule has 1 amide bonds. The molecule has 0 atom stereocenters. The summed E-state index contributed by atoms with van der Waals surface area (Å²) < 4.78 is 51.7. The van der Waals surface area contributed by atoms with Gasteiger partial charge in [0, 0.05) is 12.1 Å². The fraction of sp³-hybridized carbons (Fsp3) is 0.208. The highest BCUT2D eigenvalue weighted by Crippen LogP contribution is 2.39. The van der Waals surface area contributed by atoms with Crippen molar-refractivity contribution in [1.82, 2.24) is 10.3 Å². The number of nitriles is 1. The number of thioether (sulfide) groups is 1. The van der Waals surface area contributed by atoms with Crippen LogP contribution in [0.25, 0.3) is 11.3 Å². The first-order valence-electron chi connectivity index (χ1n) is 9.95. The van der Waals surface area contributed by atoms with Crippen LogP contribution in [0.1, 0.15) is 16.7 Å². The smallest absolute Gasteiger partial charge is 0.417 e. The van der Waals surface area contributed by atoms with Gasteiger partial charge in [0.15, 0.2) is 11.5 Å². The van der Waals surface area contributed by atoms with Crippen LogP contribution in [0.2, 0.25) is 0 Å². The second kappa shape index (κ2) is 10.9. The maximum absolute atomic E-state index is 13.8. The molecular weight excluding hydrogens is 467 g/mol. The molecule has 34 heavy (non-hydrogen) atoms. The minimum absolute atomic E-state index is 0.0144. The van der Waals surface area contributed by atoms with Crippen molar-refractivity contribution in [1.29, 1.82) is 5.26 Å². The summed E-state index contributed by atoms with van der Waals surface area (Å²) in [6.07, 6.45) is -4.79. The maximum atomic E-state index is 13.8. The number of amides is 1. The monoisotopic (exact) mass is 487 g/mol. The standard InChI is InChI=1S/C24H20F3N3O3S/c1-32-20-9-8-16(10-21(20)33-2)19-11-18(24(25,26)27)17(12-28)23(30-19)34-14-22(31)29-13-15-6-4-3-5-7-15/h3-11H,13-14H2,1-2H3,(H,29,31). The second-order valence-electron chi connectivity index (χ2n) is 6.97. The van der Waals surface area contributed by atoms with Gasteiger partial charge in [0.25, 0.3) is 0 Å². The van der Waals surface area contributed by atoms with Crippen molar-refractivity contribution in [2.24, 2.45) is 0 Å². The molecule has 0 spiro atoms. The third kappa shape index (κ3) is 5.99. The number of methoxy groups -OCH3 is 2. The number of rotatable bonds is 8. The molecule has 176 valence electrons. The first-order valence-corrected chi connectivity index (χ1v) is 10.9. The van der Waals surface area contributed by atoms with Crippen LogP contribution in [0.4, 0.5) is 13.2 Å². The van der Waals surface area contributed by atoms with Crippen molar-refractivity contribution < 1.29 is 27.4 Å². The largest absolute Gasteiger partial charge is 0.493 e. The van der Waals surface area contributed by atoms with E-state index < -0.39 is 23.2 Å². The van der Waals surface area contributed by atoms with E-state index in [0.29, 0.717) is 17.1 Å². The van der Waals surface area contributed by atoms with Gasteiger partial charge in [-0.25, -0.2) is 4.98 Å². The molecule has 1 aromatic heterocycles. The molecule has 6 nitrogen and oxygen atoms in total. The molecule has 1 N–H and O–H groups in total. The summed E-state index contributed by atoms with van der Waals surface area (Å²) in [4.78, 5) is 16.6. The highest BCUT2D eigenvalue weighted by molar-refractivity contribution is 8.00. The van der Waals surface area contributed by atoms with Crippen LogP contribution in [0.5, 0.6) is 11.5 Å². The Morgan fingerprint density at radius 2 is 1.79 bits per heavy atom. The molecule has 0 bridgehead atoms. The van der Waals surface area contributed by atoms with Gasteiger partial charge >= 0.3 is 6.18 Å². The Balaban J connectivity index is 1.91. The Labute approximate surface area is 198 Å². The predicted octanol–water partition coefficient (Wildman–Crippen LogP) is 5.06. The van der Waals surface area contributed by atoms with Gasteiger partial charge < -0.3 is 14.8 Å². The van der Waals surface area contributed by atoms with Crippen molar-refractivity contribution in [3.05, 3.63) is 71.3 Å². The van der Waals surface area contributed by atoms with Crippen molar-refractivity contribution in [3.63, 3.8) is 0 Å². The fourth-order valence-corrected chi connectivity index (χ4v) is 3.92. The Morgan fingerprint density at radius 1 is 1.09 bits per heavy atom. The van der Waals surface area contributed by atoms with Crippen LogP contribution in [0, 0.1) is 11.3 Å². The molecule has 0 aliphatic rings. The molecule has 3 aromatic rings. The number of aromatic nitrogens is 1. The normalized spacial score (nSPS) is 10.9. The SMILES string of the molecule is COc1ccc(-c2cc(C(F)(F)F)c(C#N)c(SCC(=O)NCc3ccccc3)n2)cc1OC. The third-order valence-electron chi connectivity index (χ3n) is 4.76. The lowest BCUT2D eigenvalue weighted by Gasteiger charge is -2.15. The minimum Gasteiger partial charge on any atom is -0.493 e. The topological polar surface area (TPSA) is 84.2 Å². The maximum Gasteiger partial charge on any atom is 0.417 e. The van der Waals surface area contributed by atoms with E-state index in [1.165, 1.54) is 26.4 Å². The van der Waals surface area contributed by atoms with Crippen LogP contribution in [0.3, 0.4) is 0 Å². The van der Waals surface area contributed by atoms with Gasteiger partial charge in [0.1, 0.15) is 11.1 Å². The summed E-state index contributed by atoms with van der Waals surface area (Å²) in [6, 6.07) is 16.2. The van der Waals surface area contributed by atoms with Crippen molar-refractivity contribution >= 4 is 17.7 Å². The molecule has 1 heterocycles. The first-order chi connectivity index (χ1) is 16.3. The van der Waals surface area contributed by atoms with E-state index in [1.54, 1.807) is 12.1 Å². The number of carbonyl (C=O) groups is 1. The van der Waals surface area contributed by atoms with E-state index in [0.717, 1.165) is 23.4 Å². The van der Waals surface area contributed by atoms with E-state index in [9.17, 15) is 23.2 Å². The number of nitrogens with zero attached hydrogens (tertiary/aromatic N) is 2. The highest BCUT2D eigenvalue weighted by Gasteiger charge is 2.36. The zero-order valence-electron chi connectivity index (χ0n) is 18.3. The molecule has 0 aliphatic carbocycles. The van der Waals surface area contributed by atoms with Gasteiger partial charge in [0.05, 0.1) is 36.8 Å². The summed E-state index contributed by atoms with van der Waals surface area (Å²) in [5.41, 5.74) is -0.548. The quantitative estimate of drug-likeness (QED) is 0.447. The van der Waals surface area contributed by atoms with Gasteiger partial charge in [-0.2, -0.15) is 18.4 Å². The third-order valence-corrected chi connectivity index (χ3v) is 5.73. The Hall–Kier alpha value is -3.71. The van der Waals surface area contributed by atoms with Crippen LogP contribution in [0.15, 0.2) is 59.6 Å². The molecule has 10 heteroatoms. The van der Waals surface area contributed by atoms with Crippen LogP contribution in [-0.4, -0.2) is 30.9 Å². The zero-order chi connectivity index (χ0) is 24.7. The van der Waals surface area contributed by atoms with Gasteiger partial charge in [0.2, 0.25) is 5.91 Å². The Bertz CT molecular complexity index is 1210. The van der Waals surface area contributed by atoms with Crippen LogP contribution in [-0.2, 0) is 17.5 Å². The lowest BCUT2D eigenvalue weighted by Crippen LogP contribution is -2.24. The summed E-state index contributed by atoms with van der Waals surface area (Å²) in [7, 11) is 2.85. The lowest BCUT2D eigenvalue weighted by molar-refractivity contribution is -0.138. The number of ether oxygens (including phenoxy) is 2. The fourth-order valence-electron chi connectivity index (χ4n) is 3.08. The summed E-state index contributed by atoms with van der Waals surface area (Å²) in [5, 5.41) is 12.0. The van der Waals surface area contributed by atoms with E-state index in [2.05, 4.69) is 10.3 Å². The molecule has 0 saturated heterocycles. The predicted molar refractivity (Wildman–Crippen MR) is 122 cm³/mol. The average molecular weight is 488 g/mol. The van der Waals surface area contributed by atoms with Gasteiger partial charge in [-0.1, -0.05) is 42.1 Å². The second-order valence-corrected chi connectivity index (χ2v) is 7.93. The van der Waals surface area contributed by atoms with E-state index in [4.69, 9.17) is 9.47 Å². The number of hydrogen-bond acceptors (Lipinski definition) is 6. The van der Waals surface area contributed by atoms with Gasteiger partial charge in [-0.3, -0.25) is 4.79 Å². The summed E-state index contributed by atoms with van der Waals surface area (Å²) >= 11 is 0.770. The molecule has 0 fully saturated rings. The molecule has 0 saturated carbocycles.